The van der Waals surface area contributed by atoms with E-state index in [0.29, 0.717) is 6.54 Å². The van der Waals surface area contributed by atoms with E-state index in [4.69, 9.17) is 0 Å². The van der Waals surface area contributed by atoms with Gasteiger partial charge in [-0.05, 0) is 35.7 Å². The Morgan fingerprint density at radius 3 is 0.842 bits per heavy atom. The number of halogens is 24. The number of carbonyl (C=O) groups excluding carboxylic acids is 1. The van der Waals surface area contributed by atoms with Gasteiger partial charge in [-0.1, -0.05) is 97.1 Å². The van der Waals surface area contributed by atoms with Crippen LogP contribution in [0.2, 0.25) is 0 Å². The first-order valence-corrected chi connectivity index (χ1v) is 20.9. The van der Waals surface area contributed by atoms with Crippen LogP contribution in [0.15, 0.2) is 146 Å². The van der Waals surface area contributed by atoms with Crippen LogP contribution >= 0.6 is 0 Å². The van der Waals surface area contributed by atoms with E-state index >= 15 is 0 Å². The van der Waals surface area contributed by atoms with E-state index in [9.17, 15) is 110 Å². The fraction of sp³-hybridized carbons (Fsp3) is 0.184. The molecule has 0 atom stereocenters. The van der Waals surface area contributed by atoms with Gasteiger partial charge in [-0.15, -0.1) is 0 Å². The Morgan fingerprint density at radius 1 is 0.329 bits per heavy atom. The summed E-state index contributed by atoms with van der Waals surface area (Å²) in [6.07, 6.45) is -50.8. The summed E-state index contributed by atoms with van der Waals surface area (Å²) in [5.74, 6) is 0.126. The first-order valence-electron chi connectivity index (χ1n) is 20.9. The molecule has 27 heteroatoms. The van der Waals surface area contributed by atoms with Crippen molar-refractivity contribution in [1.29, 1.82) is 0 Å². The van der Waals surface area contributed by atoms with Crippen molar-refractivity contribution in [1.82, 2.24) is 0 Å². The zero-order valence-corrected chi connectivity index (χ0v) is 37.1. The van der Waals surface area contributed by atoms with Gasteiger partial charge in [0.2, 0.25) is 12.3 Å². The summed E-state index contributed by atoms with van der Waals surface area (Å²) in [7, 11) is 0. The van der Waals surface area contributed by atoms with Gasteiger partial charge in [0.15, 0.2) is 12.4 Å². The molecule has 0 radical (unpaired) electrons. The second-order valence-electron chi connectivity index (χ2n) is 16.8. The number of nitrogens with zero attached hydrogens (tertiary/aromatic N) is 1. The molecule has 1 aromatic heterocycles. The van der Waals surface area contributed by atoms with Gasteiger partial charge in [0.25, 0.3) is 0 Å². The van der Waals surface area contributed by atoms with Crippen LogP contribution in [0.4, 0.5) is 105 Å². The van der Waals surface area contributed by atoms with Crippen LogP contribution < -0.4 is 26.4 Å². The number of pyridine rings is 1. The fourth-order valence-electron chi connectivity index (χ4n) is 8.23. The molecule has 0 N–H and O–H groups in total. The molecule has 0 aliphatic carbocycles. The summed E-state index contributed by atoms with van der Waals surface area (Å²) in [6, 6.07) is 10.8. The molecule has 76 heavy (non-hydrogen) atoms. The molecule has 7 aromatic rings. The van der Waals surface area contributed by atoms with Crippen LogP contribution in [0.1, 0.15) is 54.9 Å². The number of benzene rings is 6. The Hall–Kier alpha value is -7.22. The minimum Gasteiger partial charge on any atom is -0.287 e. The quantitative estimate of drug-likeness (QED) is 0.0674. The van der Waals surface area contributed by atoms with Crippen LogP contribution in [0, 0.1) is 0 Å². The first kappa shape index (κ1) is 58.1. The van der Waals surface area contributed by atoms with Crippen molar-refractivity contribution in [3.8, 4) is 0 Å². The molecule has 0 aliphatic rings. The van der Waals surface area contributed by atoms with Gasteiger partial charge in [-0.3, -0.25) is 4.79 Å². The molecule has 0 saturated carbocycles. The molecular weight excluding hydrogens is 1090 g/mol. The highest BCUT2D eigenvalue weighted by atomic mass is 19.4. The van der Waals surface area contributed by atoms with Gasteiger partial charge in [0, 0.05) is 17.0 Å². The molecule has 0 spiro atoms. The lowest BCUT2D eigenvalue weighted by Gasteiger charge is -2.46. The predicted octanol–water partition coefficient (Wildman–Crippen LogP) is 14.2. The summed E-state index contributed by atoms with van der Waals surface area (Å²) in [6.45, 7) is 0.370. The molecule has 2 nitrogen and oxygen atoms in total. The summed E-state index contributed by atoms with van der Waals surface area (Å²) < 4.78 is 343. The summed E-state index contributed by atoms with van der Waals surface area (Å²) in [5, 5.41) is 2.33. The molecule has 6 aromatic carbocycles. The number of alkyl halides is 24. The monoisotopic (exact) mass is 1110 g/mol. The third kappa shape index (κ3) is 13.1. The Balaban J connectivity index is 0.000000408. The van der Waals surface area contributed by atoms with Crippen LogP contribution in [-0.2, 0) is 56.0 Å². The summed E-state index contributed by atoms with van der Waals surface area (Å²) >= 11 is 0. The lowest BCUT2D eigenvalue weighted by atomic mass is 9.12. The van der Waals surface area contributed by atoms with Gasteiger partial charge in [-0.25, -0.2) is 0 Å². The minimum atomic E-state index is -6.13. The highest BCUT2D eigenvalue weighted by Crippen LogP contribution is 2.41. The van der Waals surface area contributed by atoms with Crippen LogP contribution in [0.5, 0.6) is 0 Å². The average molecular weight is 1110 g/mol. The maximum Gasteiger partial charge on any atom is 0.416 e. The standard InChI is InChI=1S/C32H12BF24.C17H14NO/c34-25(35,36)13-1-14(26(37,38)39)6-21(5-13)33(22-7-15(27(40,41)42)2-16(8-22)28(43,44)45,23-9-17(29(46,47)48)3-18(10-23)30(49,50)51)24-11-19(31(52,53)54)4-20(12-24)32(55,56)57;19-17(15-7-2-1-3-8-15)13-18-11-10-14-6-4-5-9-16(14)12-18/h1-12H;1-12H,13H2/q-1;+1. The van der Waals surface area contributed by atoms with Crippen molar-refractivity contribution in [2.45, 2.75) is 56.0 Å². The maximum atomic E-state index is 14.2. The van der Waals surface area contributed by atoms with E-state index in [-0.39, 0.29) is 5.78 Å². The van der Waals surface area contributed by atoms with Gasteiger partial charge in [-0.2, -0.15) is 132 Å². The molecule has 0 unspecified atom stereocenters. The number of rotatable bonds is 7. The van der Waals surface area contributed by atoms with E-state index in [0.717, 1.165) is 10.9 Å². The molecule has 1 heterocycles. The Bertz CT molecular complexity index is 2810. The second-order valence-corrected chi connectivity index (χ2v) is 16.8. The van der Waals surface area contributed by atoms with E-state index in [1.54, 1.807) is 0 Å². The largest absolute Gasteiger partial charge is 0.416 e. The number of Topliss-reactive ketones (excluding diaryl/α,β-unsaturated/α-hetero) is 1. The summed E-state index contributed by atoms with van der Waals surface area (Å²) in [4.78, 5) is 12.1. The minimum absolute atomic E-state index is 0.126. The number of carbonyl (C=O) groups is 1. The molecule has 0 saturated heterocycles. The first-order chi connectivity index (χ1) is 34.6. The Kier molecular flexibility index (Phi) is 15.3. The third-order valence-electron chi connectivity index (χ3n) is 11.6. The highest BCUT2D eigenvalue weighted by molar-refractivity contribution is 7.20. The molecule has 0 fully saturated rings. The molecule has 7 rings (SSSR count). The van der Waals surface area contributed by atoms with Crippen LogP contribution in [0.25, 0.3) is 10.8 Å². The van der Waals surface area contributed by atoms with Crippen LogP contribution in [0.3, 0.4) is 0 Å². The van der Waals surface area contributed by atoms with E-state index in [1.165, 1.54) is 5.39 Å². The van der Waals surface area contributed by atoms with Gasteiger partial charge >= 0.3 is 49.4 Å². The summed E-state index contributed by atoms with van der Waals surface area (Å²) in [5.41, 5.74) is -29.5. The van der Waals surface area contributed by atoms with Crippen molar-refractivity contribution in [2.75, 3.05) is 0 Å². The van der Waals surface area contributed by atoms with E-state index < -0.39 is 195 Å². The van der Waals surface area contributed by atoms with Gasteiger partial charge in [0.1, 0.15) is 6.15 Å². The number of hydrogen-bond donors (Lipinski definition) is 0. The van der Waals surface area contributed by atoms with Crippen molar-refractivity contribution in [3.63, 3.8) is 0 Å². The number of hydrogen-bond acceptors (Lipinski definition) is 1. The van der Waals surface area contributed by atoms with Crippen LogP contribution in [-0.4, -0.2) is 11.9 Å². The number of ketones is 1. The van der Waals surface area contributed by atoms with Crippen molar-refractivity contribution < 1.29 is 115 Å². The lowest BCUT2D eigenvalue weighted by molar-refractivity contribution is -0.681. The topological polar surface area (TPSA) is 20.9 Å². The predicted molar refractivity (Wildman–Crippen MR) is 225 cm³/mol. The molecule has 0 aliphatic heterocycles. The smallest absolute Gasteiger partial charge is 0.287 e. The fourth-order valence-corrected chi connectivity index (χ4v) is 8.23. The number of aromatic nitrogens is 1. The van der Waals surface area contributed by atoms with Gasteiger partial charge in [0.05, 0.1) is 44.5 Å². The molecule has 0 bridgehead atoms. The maximum absolute atomic E-state index is 14.2. The molecular formula is C49H26BF24NO. The highest BCUT2D eigenvalue weighted by Gasteiger charge is 2.47. The average Bonchev–Trinajstić information content (AvgIpc) is 3.29. The van der Waals surface area contributed by atoms with Gasteiger partial charge < -0.3 is 0 Å². The lowest BCUT2D eigenvalue weighted by Crippen LogP contribution is -2.75. The van der Waals surface area contributed by atoms with Crippen molar-refractivity contribution >= 4 is 44.6 Å². The molecule has 404 valence electrons. The zero-order chi connectivity index (χ0) is 57.0. The molecule has 0 amide bonds. The number of fused-ring (bicyclic) bond motifs is 1. The van der Waals surface area contributed by atoms with E-state index in [1.807, 2.05) is 65.5 Å². The third-order valence-corrected chi connectivity index (χ3v) is 11.6. The van der Waals surface area contributed by atoms with Crippen molar-refractivity contribution in [3.05, 3.63) is 196 Å². The normalized spacial score (nSPS) is 13.4. The second kappa shape index (κ2) is 20.1. The Labute approximate surface area is 410 Å². The SMILES string of the molecule is FC(F)(F)c1cc([B-](c2cc(C(F)(F)F)cc(C(F)(F)F)c2)(c2cc(C(F)(F)F)cc(C(F)(F)F)c2)c2cc(C(F)(F)F)cc(C(F)(F)F)c2)cc(C(F)(F)F)c1.O=C(C[n+]1ccc2ccccc2c1)c1ccccc1. The Morgan fingerprint density at radius 2 is 0.579 bits per heavy atom. The van der Waals surface area contributed by atoms with E-state index in [2.05, 4.69) is 12.1 Å². The zero-order valence-electron chi connectivity index (χ0n) is 37.1. The van der Waals surface area contributed by atoms with Crippen molar-refractivity contribution in [2.24, 2.45) is 0 Å².